The first kappa shape index (κ1) is 14.0. The number of hydrogen-bond donors (Lipinski definition) is 0. The summed E-state index contributed by atoms with van der Waals surface area (Å²) in [7, 11) is 0. The van der Waals surface area contributed by atoms with Crippen molar-refractivity contribution < 1.29 is 4.39 Å². The number of aryl methyl sites for hydroxylation is 1. The van der Waals surface area contributed by atoms with Gasteiger partial charge in [-0.2, -0.15) is 5.26 Å². The Balaban J connectivity index is 2.11. The van der Waals surface area contributed by atoms with Crippen LogP contribution in [0.4, 0.5) is 4.39 Å². The van der Waals surface area contributed by atoms with Crippen LogP contribution in [0.15, 0.2) is 49.3 Å². The van der Waals surface area contributed by atoms with Gasteiger partial charge in [0.05, 0.1) is 29.0 Å². The van der Waals surface area contributed by atoms with E-state index in [1.807, 2.05) is 28.8 Å². The summed E-state index contributed by atoms with van der Waals surface area (Å²) in [5.41, 5.74) is 4.45. The maximum atomic E-state index is 13.3. The summed E-state index contributed by atoms with van der Waals surface area (Å²) in [5.74, 6) is -0.424. The lowest BCUT2D eigenvalue weighted by Gasteiger charge is -2.09. The molecule has 0 atom stereocenters. The molecular formula is C18H14FN3. The van der Waals surface area contributed by atoms with Crippen LogP contribution in [0.5, 0.6) is 0 Å². The molecule has 1 aromatic heterocycles. The molecule has 108 valence electrons. The van der Waals surface area contributed by atoms with Gasteiger partial charge in [0, 0.05) is 6.54 Å². The topological polar surface area (TPSA) is 41.6 Å². The Hall–Kier alpha value is -2.93. The number of nitriles is 1. The van der Waals surface area contributed by atoms with Gasteiger partial charge in [-0.15, -0.1) is 0 Å². The zero-order chi connectivity index (χ0) is 15.7. The Morgan fingerprint density at radius 1 is 1.32 bits per heavy atom. The summed E-state index contributed by atoms with van der Waals surface area (Å²) < 4.78 is 15.3. The third-order valence-corrected chi connectivity index (χ3v) is 3.74. The number of hydrogen-bond acceptors (Lipinski definition) is 2. The molecule has 0 aliphatic carbocycles. The minimum atomic E-state index is -0.424. The van der Waals surface area contributed by atoms with E-state index in [0.29, 0.717) is 11.1 Å². The molecule has 0 saturated carbocycles. The molecule has 0 fully saturated rings. The van der Waals surface area contributed by atoms with Gasteiger partial charge in [-0.25, -0.2) is 9.37 Å². The molecule has 0 unspecified atom stereocenters. The molecule has 1 heterocycles. The van der Waals surface area contributed by atoms with Crippen molar-refractivity contribution in [3.8, 4) is 6.07 Å². The fourth-order valence-corrected chi connectivity index (χ4v) is 2.52. The molecule has 0 bridgehead atoms. The standard InChI is InChI=1S/C18H14FN3/c1-3-22-11-21-17-7-4-13(9-18(17)22)12(2)16-6-5-15(19)8-14(16)10-20/h4-9,11H,2-3H2,1H3. The van der Waals surface area contributed by atoms with E-state index in [0.717, 1.165) is 23.1 Å². The molecule has 2 aromatic carbocycles. The van der Waals surface area contributed by atoms with Crippen LogP contribution >= 0.6 is 0 Å². The van der Waals surface area contributed by atoms with E-state index in [2.05, 4.69) is 18.5 Å². The molecule has 3 aromatic rings. The van der Waals surface area contributed by atoms with E-state index in [4.69, 9.17) is 0 Å². The highest BCUT2D eigenvalue weighted by Crippen LogP contribution is 2.27. The van der Waals surface area contributed by atoms with Crippen molar-refractivity contribution in [3.63, 3.8) is 0 Å². The molecule has 0 aliphatic rings. The maximum absolute atomic E-state index is 13.3. The molecule has 0 aliphatic heterocycles. The fraction of sp³-hybridized carbons (Fsp3) is 0.111. The monoisotopic (exact) mass is 291 g/mol. The quantitative estimate of drug-likeness (QED) is 0.728. The highest BCUT2D eigenvalue weighted by atomic mass is 19.1. The summed E-state index contributed by atoms with van der Waals surface area (Å²) >= 11 is 0. The van der Waals surface area contributed by atoms with Gasteiger partial charge in [-0.1, -0.05) is 18.7 Å². The van der Waals surface area contributed by atoms with Crippen LogP contribution < -0.4 is 0 Å². The molecule has 0 amide bonds. The highest BCUT2D eigenvalue weighted by molar-refractivity contribution is 5.86. The van der Waals surface area contributed by atoms with Crippen LogP contribution in [-0.4, -0.2) is 9.55 Å². The average molecular weight is 291 g/mol. The van der Waals surface area contributed by atoms with E-state index in [-0.39, 0.29) is 5.56 Å². The zero-order valence-electron chi connectivity index (χ0n) is 12.2. The van der Waals surface area contributed by atoms with Crippen LogP contribution in [0.25, 0.3) is 16.6 Å². The molecule has 0 saturated heterocycles. The highest BCUT2D eigenvalue weighted by Gasteiger charge is 2.11. The molecule has 3 nitrogen and oxygen atoms in total. The number of aromatic nitrogens is 2. The van der Waals surface area contributed by atoms with Crippen molar-refractivity contribution in [1.29, 1.82) is 5.26 Å². The van der Waals surface area contributed by atoms with Crippen LogP contribution in [0.2, 0.25) is 0 Å². The van der Waals surface area contributed by atoms with Crippen LogP contribution in [-0.2, 0) is 6.54 Å². The summed E-state index contributed by atoms with van der Waals surface area (Å²) in [5, 5.41) is 9.19. The molecule has 0 spiro atoms. The lowest BCUT2D eigenvalue weighted by atomic mass is 9.95. The first-order chi connectivity index (χ1) is 10.6. The second-order valence-electron chi connectivity index (χ2n) is 5.01. The van der Waals surface area contributed by atoms with Crippen molar-refractivity contribution in [1.82, 2.24) is 9.55 Å². The van der Waals surface area contributed by atoms with Crippen LogP contribution in [0.3, 0.4) is 0 Å². The smallest absolute Gasteiger partial charge is 0.124 e. The lowest BCUT2D eigenvalue weighted by Crippen LogP contribution is -1.94. The van der Waals surface area contributed by atoms with E-state index >= 15 is 0 Å². The summed E-state index contributed by atoms with van der Waals surface area (Å²) in [6.45, 7) is 6.95. The van der Waals surface area contributed by atoms with Gasteiger partial charge in [-0.3, -0.25) is 0 Å². The third-order valence-electron chi connectivity index (χ3n) is 3.74. The predicted molar refractivity (Wildman–Crippen MR) is 84.7 cm³/mol. The lowest BCUT2D eigenvalue weighted by molar-refractivity contribution is 0.627. The minimum absolute atomic E-state index is 0.286. The second-order valence-corrected chi connectivity index (χ2v) is 5.01. The maximum Gasteiger partial charge on any atom is 0.124 e. The third kappa shape index (κ3) is 2.27. The van der Waals surface area contributed by atoms with Crippen molar-refractivity contribution in [2.24, 2.45) is 0 Å². The SMILES string of the molecule is C=C(c1ccc2ncn(CC)c2c1)c1ccc(F)cc1C#N. The number of imidazole rings is 1. The van der Waals surface area contributed by atoms with Crippen molar-refractivity contribution in [2.75, 3.05) is 0 Å². The van der Waals surface area contributed by atoms with Gasteiger partial charge in [0.25, 0.3) is 0 Å². The van der Waals surface area contributed by atoms with Crippen molar-refractivity contribution in [2.45, 2.75) is 13.5 Å². The number of rotatable bonds is 3. The van der Waals surface area contributed by atoms with Crippen molar-refractivity contribution >= 4 is 16.6 Å². The molecule has 0 N–H and O–H groups in total. The first-order valence-corrected chi connectivity index (χ1v) is 6.98. The van der Waals surface area contributed by atoms with Gasteiger partial charge in [0.2, 0.25) is 0 Å². The van der Waals surface area contributed by atoms with E-state index in [9.17, 15) is 9.65 Å². The Kier molecular flexibility index (Phi) is 3.48. The second kappa shape index (κ2) is 5.45. The summed E-state index contributed by atoms with van der Waals surface area (Å²) in [6, 6.07) is 12.0. The van der Waals surface area contributed by atoms with Gasteiger partial charge in [0.15, 0.2) is 0 Å². The molecule has 4 heteroatoms. The van der Waals surface area contributed by atoms with Crippen LogP contribution in [0.1, 0.15) is 23.6 Å². The minimum Gasteiger partial charge on any atom is -0.331 e. The summed E-state index contributed by atoms with van der Waals surface area (Å²) in [4.78, 5) is 4.34. The normalized spacial score (nSPS) is 10.6. The Bertz CT molecular complexity index is 916. The zero-order valence-corrected chi connectivity index (χ0v) is 12.2. The number of fused-ring (bicyclic) bond motifs is 1. The van der Waals surface area contributed by atoms with E-state index < -0.39 is 5.82 Å². The van der Waals surface area contributed by atoms with E-state index in [1.165, 1.54) is 12.1 Å². The number of halogens is 1. The van der Waals surface area contributed by atoms with Gasteiger partial charge < -0.3 is 4.57 Å². The Morgan fingerprint density at radius 3 is 2.86 bits per heavy atom. The van der Waals surface area contributed by atoms with Crippen molar-refractivity contribution in [3.05, 3.63) is 71.8 Å². The largest absolute Gasteiger partial charge is 0.331 e. The fourth-order valence-electron chi connectivity index (χ4n) is 2.52. The van der Waals surface area contributed by atoms with Crippen LogP contribution in [0, 0.1) is 17.1 Å². The number of nitrogens with zero attached hydrogens (tertiary/aromatic N) is 3. The molecule has 0 radical (unpaired) electrons. The molecule has 3 rings (SSSR count). The predicted octanol–water partition coefficient (Wildman–Crippen LogP) is 4.13. The van der Waals surface area contributed by atoms with Gasteiger partial charge >= 0.3 is 0 Å². The van der Waals surface area contributed by atoms with E-state index in [1.54, 1.807) is 12.4 Å². The summed E-state index contributed by atoms with van der Waals surface area (Å²) in [6.07, 6.45) is 1.80. The Labute approximate surface area is 128 Å². The van der Waals surface area contributed by atoms with Gasteiger partial charge in [0.1, 0.15) is 5.82 Å². The first-order valence-electron chi connectivity index (χ1n) is 6.98. The number of benzene rings is 2. The molecular weight excluding hydrogens is 277 g/mol. The average Bonchev–Trinajstić information content (AvgIpc) is 2.96. The Morgan fingerprint density at radius 2 is 2.14 bits per heavy atom. The van der Waals surface area contributed by atoms with Gasteiger partial charge in [-0.05, 0) is 47.9 Å². The molecule has 22 heavy (non-hydrogen) atoms.